The van der Waals surface area contributed by atoms with Crippen molar-refractivity contribution in [2.75, 3.05) is 0 Å². The number of rotatable bonds is 6. The molecule has 0 saturated carbocycles. The summed E-state index contributed by atoms with van der Waals surface area (Å²) in [6.45, 7) is 0. The van der Waals surface area contributed by atoms with Crippen LogP contribution in [0.25, 0.3) is 0 Å². The molecule has 3 aromatic rings. The maximum Gasteiger partial charge on any atom is 0.271 e. The summed E-state index contributed by atoms with van der Waals surface area (Å²) < 4.78 is 0. The maximum atomic E-state index is 12.1. The van der Waals surface area contributed by atoms with Crippen LogP contribution in [0, 0.1) is 0 Å². The average Bonchev–Trinajstić information content (AvgIpc) is 2.75. The fraction of sp³-hybridized carbons (Fsp3) is 0. The summed E-state index contributed by atoms with van der Waals surface area (Å²) in [4.78, 5) is 24.2. The van der Waals surface area contributed by atoms with Crippen molar-refractivity contribution in [2.45, 2.75) is 0 Å². The number of benzene rings is 3. The molecular formula is C22H18N4O2. The third-order valence-corrected chi connectivity index (χ3v) is 3.77. The van der Waals surface area contributed by atoms with Crippen molar-refractivity contribution in [3.05, 3.63) is 107 Å². The number of carbonyl (C=O) groups excluding carboxylic acids is 2. The monoisotopic (exact) mass is 370 g/mol. The minimum Gasteiger partial charge on any atom is -0.267 e. The molecule has 0 radical (unpaired) electrons. The lowest BCUT2D eigenvalue weighted by molar-refractivity contribution is 0.0943. The Labute approximate surface area is 162 Å². The Balaban J connectivity index is 1.53. The van der Waals surface area contributed by atoms with E-state index in [1.165, 1.54) is 0 Å². The average molecular weight is 370 g/mol. The number of hydrogen-bond donors (Lipinski definition) is 2. The van der Waals surface area contributed by atoms with Gasteiger partial charge in [0.05, 0.1) is 12.4 Å². The molecular weight excluding hydrogens is 352 g/mol. The van der Waals surface area contributed by atoms with Gasteiger partial charge in [0.2, 0.25) is 0 Å². The van der Waals surface area contributed by atoms with Gasteiger partial charge in [-0.15, -0.1) is 0 Å². The number of amides is 2. The van der Waals surface area contributed by atoms with Crippen LogP contribution in [0.15, 0.2) is 95.1 Å². The van der Waals surface area contributed by atoms with Crippen LogP contribution in [0.3, 0.4) is 0 Å². The van der Waals surface area contributed by atoms with Crippen LogP contribution in [0.5, 0.6) is 0 Å². The van der Waals surface area contributed by atoms with Crippen LogP contribution >= 0.6 is 0 Å². The van der Waals surface area contributed by atoms with Crippen LogP contribution in [-0.4, -0.2) is 24.2 Å². The molecule has 2 amide bonds. The zero-order valence-corrected chi connectivity index (χ0v) is 14.9. The highest BCUT2D eigenvalue weighted by atomic mass is 16.2. The fourth-order valence-corrected chi connectivity index (χ4v) is 2.31. The topological polar surface area (TPSA) is 82.9 Å². The van der Waals surface area contributed by atoms with Gasteiger partial charge in [-0.25, -0.2) is 10.9 Å². The van der Waals surface area contributed by atoms with E-state index in [1.54, 1.807) is 36.7 Å². The Kier molecular flexibility index (Phi) is 6.41. The number of nitrogens with one attached hydrogen (secondary N) is 2. The highest BCUT2D eigenvalue weighted by molar-refractivity contribution is 5.98. The van der Waals surface area contributed by atoms with E-state index in [1.807, 2.05) is 60.7 Å². The number of carbonyl (C=O) groups is 2. The standard InChI is InChI=1S/C22H18N4O2/c27-21(25-23-15-17-7-3-1-4-8-17)19-11-13-20(14-12-19)22(28)26-24-16-18-9-5-2-6-10-18/h1-16H,(H,25,27)(H,26,28)/b23-15+,24-16+. The van der Waals surface area contributed by atoms with E-state index in [4.69, 9.17) is 0 Å². The van der Waals surface area contributed by atoms with Gasteiger partial charge in [-0.1, -0.05) is 60.7 Å². The molecule has 0 aliphatic heterocycles. The van der Waals surface area contributed by atoms with Gasteiger partial charge in [0.15, 0.2) is 0 Å². The number of hydrogen-bond acceptors (Lipinski definition) is 4. The molecule has 0 aliphatic carbocycles. The van der Waals surface area contributed by atoms with Crippen molar-refractivity contribution in [1.82, 2.24) is 10.9 Å². The van der Waals surface area contributed by atoms with E-state index in [0.717, 1.165) is 11.1 Å². The second-order valence-electron chi connectivity index (χ2n) is 5.80. The van der Waals surface area contributed by atoms with E-state index in [0.29, 0.717) is 11.1 Å². The normalized spacial score (nSPS) is 10.9. The second kappa shape index (κ2) is 9.59. The Morgan fingerprint density at radius 2 is 0.929 bits per heavy atom. The van der Waals surface area contributed by atoms with Gasteiger partial charge >= 0.3 is 0 Å². The second-order valence-corrected chi connectivity index (χ2v) is 5.80. The first-order valence-corrected chi connectivity index (χ1v) is 8.59. The highest BCUT2D eigenvalue weighted by Gasteiger charge is 2.07. The summed E-state index contributed by atoms with van der Waals surface area (Å²) in [5.41, 5.74) is 7.47. The van der Waals surface area contributed by atoms with Crippen molar-refractivity contribution in [2.24, 2.45) is 10.2 Å². The van der Waals surface area contributed by atoms with Gasteiger partial charge in [0.1, 0.15) is 0 Å². The maximum absolute atomic E-state index is 12.1. The van der Waals surface area contributed by atoms with Crippen molar-refractivity contribution in [3.63, 3.8) is 0 Å². The molecule has 138 valence electrons. The minimum absolute atomic E-state index is 0.360. The van der Waals surface area contributed by atoms with Gasteiger partial charge in [0.25, 0.3) is 11.8 Å². The fourth-order valence-electron chi connectivity index (χ4n) is 2.31. The number of hydrazone groups is 2. The molecule has 0 unspecified atom stereocenters. The van der Waals surface area contributed by atoms with E-state index in [2.05, 4.69) is 21.1 Å². The van der Waals surface area contributed by atoms with Gasteiger partial charge in [-0.3, -0.25) is 9.59 Å². The van der Waals surface area contributed by atoms with E-state index >= 15 is 0 Å². The van der Waals surface area contributed by atoms with Crippen LogP contribution in [0.1, 0.15) is 31.8 Å². The van der Waals surface area contributed by atoms with Gasteiger partial charge in [-0.2, -0.15) is 10.2 Å². The first-order chi connectivity index (χ1) is 13.7. The zero-order valence-electron chi connectivity index (χ0n) is 14.9. The molecule has 6 heteroatoms. The van der Waals surface area contributed by atoms with Crippen molar-refractivity contribution < 1.29 is 9.59 Å². The molecule has 0 saturated heterocycles. The Bertz CT molecular complexity index is 900. The molecule has 0 spiro atoms. The Morgan fingerprint density at radius 3 is 1.29 bits per heavy atom. The summed E-state index contributed by atoms with van der Waals surface area (Å²) in [6.07, 6.45) is 3.12. The van der Waals surface area contributed by atoms with Crippen LogP contribution < -0.4 is 10.9 Å². The van der Waals surface area contributed by atoms with Crippen LogP contribution in [0.4, 0.5) is 0 Å². The van der Waals surface area contributed by atoms with Crippen LogP contribution in [0.2, 0.25) is 0 Å². The Morgan fingerprint density at radius 1 is 0.571 bits per heavy atom. The minimum atomic E-state index is -0.360. The summed E-state index contributed by atoms with van der Waals surface area (Å²) in [7, 11) is 0. The highest BCUT2D eigenvalue weighted by Crippen LogP contribution is 2.05. The first-order valence-electron chi connectivity index (χ1n) is 8.59. The van der Waals surface area contributed by atoms with Gasteiger partial charge in [-0.05, 0) is 35.4 Å². The summed E-state index contributed by atoms with van der Waals surface area (Å²) in [5.74, 6) is -0.720. The zero-order chi connectivity index (χ0) is 19.6. The molecule has 0 aliphatic rings. The lowest BCUT2D eigenvalue weighted by Gasteiger charge is -2.03. The smallest absolute Gasteiger partial charge is 0.267 e. The molecule has 0 atom stereocenters. The largest absolute Gasteiger partial charge is 0.271 e. The number of nitrogens with zero attached hydrogens (tertiary/aromatic N) is 2. The third-order valence-electron chi connectivity index (χ3n) is 3.77. The molecule has 0 bridgehead atoms. The quantitative estimate of drug-likeness (QED) is 0.516. The van der Waals surface area contributed by atoms with E-state index in [-0.39, 0.29) is 11.8 Å². The van der Waals surface area contributed by atoms with Crippen molar-refractivity contribution in [3.8, 4) is 0 Å². The molecule has 28 heavy (non-hydrogen) atoms. The van der Waals surface area contributed by atoms with Crippen LogP contribution in [-0.2, 0) is 0 Å². The lowest BCUT2D eigenvalue weighted by Crippen LogP contribution is -2.19. The summed E-state index contributed by atoms with van der Waals surface area (Å²) in [5, 5.41) is 7.84. The summed E-state index contributed by atoms with van der Waals surface area (Å²) >= 11 is 0. The molecule has 3 aromatic carbocycles. The summed E-state index contributed by atoms with van der Waals surface area (Å²) in [6, 6.07) is 25.1. The van der Waals surface area contributed by atoms with E-state index in [9.17, 15) is 9.59 Å². The van der Waals surface area contributed by atoms with Crippen molar-refractivity contribution in [1.29, 1.82) is 0 Å². The first kappa shape index (κ1) is 18.7. The molecule has 0 heterocycles. The molecule has 6 nitrogen and oxygen atoms in total. The Hall–Kier alpha value is -4.06. The molecule has 3 rings (SSSR count). The molecule has 2 N–H and O–H groups in total. The van der Waals surface area contributed by atoms with E-state index < -0.39 is 0 Å². The molecule has 0 fully saturated rings. The SMILES string of the molecule is O=C(N/N=C/c1ccccc1)c1ccc(C(=O)N/N=C/c2ccccc2)cc1. The van der Waals surface area contributed by atoms with Gasteiger partial charge < -0.3 is 0 Å². The molecule has 0 aromatic heterocycles. The predicted octanol–water partition coefficient (Wildman–Crippen LogP) is 3.21. The lowest BCUT2D eigenvalue weighted by atomic mass is 10.1. The van der Waals surface area contributed by atoms with Crippen molar-refractivity contribution >= 4 is 24.2 Å². The predicted molar refractivity (Wildman–Crippen MR) is 109 cm³/mol. The van der Waals surface area contributed by atoms with Gasteiger partial charge in [0, 0.05) is 11.1 Å². The third kappa shape index (κ3) is 5.47.